The number of rotatable bonds is 6. The maximum atomic E-state index is 13.8. The number of nitrogens with one attached hydrogen (secondary N) is 1. The number of benzene rings is 2. The maximum absolute atomic E-state index is 13.8. The van der Waals surface area contributed by atoms with Crippen LogP contribution in [0.5, 0.6) is 0 Å². The molecule has 0 aliphatic rings. The lowest BCUT2D eigenvalue weighted by atomic mass is 10.1. The first-order valence-electron chi connectivity index (χ1n) is 7.41. The highest BCUT2D eigenvalue weighted by Crippen LogP contribution is 2.21. The Hall–Kier alpha value is -2.26. The van der Waals surface area contributed by atoms with Crippen LogP contribution in [0.3, 0.4) is 0 Å². The van der Waals surface area contributed by atoms with Gasteiger partial charge in [-0.15, -0.1) is 0 Å². The van der Waals surface area contributed by atoms with Crippen LogP contribution in [0.1, 0.15) is 17.3 Å². The number of amides is 1. The summed E-state index contributed by atoms with van der Waals surface area (Å²) in [7, 11) is -3.80. The molecule has 1 N–H and O–H groups in total. The monoisotopic (exact) mass is 442 g/mol. The summed E-state index contributed by atoms with van der Waals surface area (Å²) < 4.78 is 39.4. The third-order valence-electron chi connectivity index (χ3n) is 3.43. The first-order chi connectivity index (χ1) is 12.1. The van der Waals surface area contributed by atoms with Crippen molar-refractivity contribution in [3.8, 4) is 0 Å². The van der Waals surface area contributed by atoms with Crippen LogP contribution in [0.4, 0.5) is 15.8 Å². The number of anilines is 2. The van der Waals surface area contributed by atoms with Crippen LogP contribution >= 0.6 is 15.9 Å². The summed E-state index contributed by atoms with van der Waals surface area (Å²) in [5, 5.41) is 2.34. The van der Waals surface area contributed by atoms with Crippen LogP contribution in [0.2, 0.25) is 0 Å². The van der Waals surface area contributed by atoms with Gasteiger partial charge in [-0.3, -0.25) is 13.9 Å². The Morgan fingerprint density at radius 3 is 2.46 bits per heavy atom. The fourth-order valence-corrected chi connectivity index (χ4v) is 3.37. The molecule has 0 radical (unpaired) electrons. The molecule has 1 amide bonds. The van der Waals surface area contributed by atoms with Crippen molar-refractivity contribution in [3.05, 3.63) is 58.3 Å². The van der Waals surface area contributed by atoms with Crippen LogP contribution in [0.25, 0.3) is 0 Å². The summed E-state index contributed by atoms with van der Waals surface area (Å²) >= 11 is 3.11. The summed E-state index contributed by atoms with van der Waals surface area (Å²) in [6, 6.07) is 10.0. The van der Waals surface area contributed by atoms with E-state index in [1.165, 1.54) is 37.3 Å². The number of hydrogen-bond donors (Lipinski definition) is 1. The normalized spacial score (nSPS) is 11.1. The molecule has 2 rings (SSSR count). The first kappa shape index (κ1) is 20.1. The van der Waals surface area contributed by atoms with E-state index in [2.05, 4.69) is 21.2 Å². The number of halogens is 2. The van der Waals surface area contributed by atoms with Gasteiger partial charge in [0.05, 0.1) is 17.6 Å². The van der Waals surface area contributed by atoms with Gasteiger partial charge in [0, 0.05) is 10.0 Å². The molecule has 2 aromatic rings. The van der Waals surface area contributed by atoms with Gasteiger partial charge < -0.3 is 5.32 Å². The second-order valence-electron chi connectivity index (χ2n) is 5.55. The fraction of sp³-hybridized carbons (Fsp3) is 0.176. The van der Waals surface area contributed by atoms with Crippen molar-refractivity contribution in [1.82, 2.24) is 0 Å². The molecule has 0 unspecified atom stereocenters. The molecule has 0 saturated heterocycles. The maximum Gasteiger partial charge on any atom is 0.245 e. The topological polar surface area (TPSA) is 83.6 Å². The van der Waals surface area contributed by atoms with Crippen molar-refractivity contribution in [2.45, 2.75) is 6.92 Å². The Morgan fingerprint density at radius 1 is 1.19 bits per heavy atom. The summed E-state index contributed by atoms with van der Waals surface area (Å²) in [6.45, 7) is 0.794. The summed E-state index contributed by atoms with van der Waals surface area (Å²) in [6.07, 6.45) is 0.945. The van der Waals surface area contributed by atoms with Gasteiger partial charge >= 0.3 is 0 Å². The van der Waals surface area contributed by atoms with Gasteiger partial charge in [0.15, 0.2) is 5.78 Å². The third kappa shape index (κ3) is 5.12. The zero-order valence-electron chi connectivity index (χ0n) is 14.0. The van der Waals surface area contributed by atoms with Gasteiger partial charge in [-0.1, -0.05) is 28.1 Å². The van der Waals surface area contributed by atoms with Gasteiger partial charge in [0.25, 0.3) is 0 Å². The van der Waals surface area contributed by atoms with E-state index < -0.39 is 28.3 Å². The summed E-state index contributed by atoms with van der Waals surface area (Å²) in [4.78, 5) is 23.7. The SMILES string of the molecule is CC(=O)c1cccc(N(CC(=O)Nc2ccc(Br)cc2F)S(C)(=O)=O)c1. The average Bonchev–Trinajstić information content (AvgIpc) is 2.54. The van der Waals surface area contributed by atoms with Crippen molar-refractivity contribution in [3.63, 3.8) is 0 Å². The number of hydrogen-bond acceptors (Lipinski definition) is 4. The van der Waals surface area contributed by atoms with E-state index in [9.17, 15) is 22.4 Å². The lowest BCUT2D eigenvalue weighted by Gasteiger charge is -2.22. The quantitative estimate of drug-likeness (QED) is 0.696. The van der Waals surface area contributed by atoms with Crippen molar-refractivity contribution in [1.29, 1.82) is 0 Å². The molecular formula is C17H16BrFN2O4S. The van der Waals surface area contributed by atoms with Gasteiger partial charge in [-0.2, -0.15) is 0 Å². The number of carbonyl (C=O) groups is 2. The fourth-order valence-electron chi connectivity index (χ4n) is 2.19. The standard InChI is InChI=1S/C17H16BrFN2O4S/c1-11(22)12-4-3-5-14(8-12)21(26(2,24)25)10-17(23)20-16-7-6-13(18)9-15(16)19/h3-9H,10H2,1-2H3,(H,20,23). The predicted molar refractivity (Wildman–Crippen MR) is 101 cm³/mol. The van der Waals surface area contributed by atoms with Crippen LogP contribution in [-0.4, -0.2) is 32.9 Å². The molecule has 0 aliphatic heterocycles. The molecule has 0 saturated carbocycles. The minimum absolute atomic E-state index is 0.0656. The molecule has 6 nitrogen and oxygen atoms in total. The molecule has 0 spiro atoms. The van der Waals surface area contributed by atoms with E-state index in [4.69, 9.17) is 0 Å². The predicted octanol–water partition coefficient (Wildman–Crippen LogP) is 3.20. The van der Waals surface area contributed by atoms with E-state index in [0.717, 1.165) is 10.6 Å². The van der Waals surface area contributed by atoms with E-state index >= 15 is 0 Å². The van der Waals surface area contributed by atoms with Crippen molar-refractivity contribution in [2.75, 3.05) is 22.4 Å². The van der Waals surface area contributed by atoms with Crippen molar-refractivity contribution in [2.24, 2.45) is 0 Å². The number of nitrogens with zero attached hydrogens (tertiary/aromatic N) is 1. The van der Waals surface area contributed by atoms with Crippen LogP contribution in [-0.2, 0) is 14.8 Å². The number of Topliss-reactive ketones (excluding diaryl/α,β-unsaturated/α-hetero) is 1. The van der Waals surface area contributed by atoms with Crippen LogP contribution in [0, 0.1) is 5.82 Å². The van der Waals surface area contributed by atoms with Crippen molar-refractivity contribution >= 4 is 49.0 Å². The Balaban J connectivity index is 2.27. The minimum atomic E-state index is -3.80. The number of carbonyl (C=O) groups excluding carboxylic acids is 2. The largest absolute Gasteiger partial charge is 0.322 e. The van der Waals surface area contributed by atoms with Gasteiger partial charge in [-0.25, -0.2) is 12.8 Å². The molecule has 26 heavy (non-hydrogen) atoms. The average molecular weight is 443 g/mol. The lowest BCUT2D eigenvalue weighted by Crippen LogP contribution is -2.37. The molecule has 9 heteroatoms. The molecule has 0 bridgehead atoms. The molecular weight excluding hydrogens is 427 g/mol. The summed E-state index contributed by atoms with van der Waals surface area (Å²) in [5.41, 5.74) is 0.422. The number of ketones is 1. The highest BCUT2D eigenvalue weighted by Gasteiger charge is 2.22. The van der Waals surface area contributed by atoms with E-state index in [-0.39, 0.29) is 17.2 Å². The second-order valence-corrected chi connectivity index (χ2v) is 8.37. The molecule has 0 heterocycles. The van der Waals surface area contributed by atoms with E-state index in [0.29, 0.717) is 10.0 Å². The molecule has 2 aromatic carbocycles. The lowest BCUT2D eigenvalue weighted by molar-refractivity contribution is -0.114. The van der Waals surface area contributed by atoms with Crippen molar-refractivity contribution < 1.29 is 22.4 Å². The Bertz CT molecular complexity index is 963. The molecule has 0 fully saturated rings. The second kappa shape index (κ2) is 7.96. The Kier molecular flexibility index (Phi) is 6.14. The molecule has 138 valence electrons. The Labute approximate surface area is 159 Å². The van der Waals surface area contributed by atoms with E-state index in [1.54, 1.807) is 12.1 Å². The van der Waals surface area contributed by atoms with E-state index in [1.807, 2.05) is 0 Å². The van der Waals surface area contributed by atoms with Crippen LogP contribution < -0.4 is 9.62 Å². The first-order valence-corrected chi connectivity index (χ1v) is 10.1. The minimum Gasteiger partial charge on any atom is -0.322 e. The third-order valence-corrected chi connectivity index (χ3v) is 5.07. The highest BCUT2D eigenvalue weighted by atomic mass is 79.9. The zero-order valence-corrected chi connectivity index (χ0v) is 16.4. The molecule has 0 aliphatic carbocycles. The van der Waals surface area contributed by atoms with Crippen LogP contribution in [0.15, 0.2) is 46.9 Å². The van der Waals surface area contributed by atoms with Gasteiger partial charge in [0.2, 0.25) is 15.9 Å². The molecule has 0 aromatic heterocycles. The smallest absolute Gasteiger partial charge is 0.245 e. The Morgan fingerprint density at radius 2 is 1.88 bits per heavy atom. The van der Waals surface area contributed by atoms with Gasteiger partial charge in [0.1, 0.15) is 12.4 Å². The highest BCUT2D eigenvalue weighted by molar-refractivity contribution is 9.10. The van der Waals surface area contributed by atoms with Gasteiger partial charge in [-0.05, 0) is 37.3 Å². The zero-order chi connectivity index (χ0) is 19.5. The number of sulfonamides is 1. The summed E-state index contributed by atoms with van der Waals surface area (Å²) in [5.74, 6) is -1.61. The molecule has 0 atom stereocenters.